The Balaban J connectivity index is 1.68. The molecule has 0 unspecified atom stereocenters. The van der Waals surface area contributed by atoms with Gasteiger partial charge in [-0.05, 0) is 44.1 Å². The summed E-state index contributed by atoms with van der Waals surface area (Å²) in [6.45, 7) is 3.85. The standard InChI is InChI=1S/C15H17N3O3/c19-18(20)13-9-12-10-14(3-4-15(12)16-11-13)21-8-7-17-5-1-2-6-17/h3-4,9-11H,1-2,5-8H2. The van der Waals surface area contributed by atoms with Crippen LogP contribution in [0.1, 0.15) is 12.8 Å². The van der Waals surface area contributed by atoms with Crippen LogP contribution in [-0.2, 0) is 0 Å². The number of nitro groups is 1. The Morgan fingerprint density at radius 2 is 2.10 bits per heavy atom. The average Bonchev–Trinajstić information content (AvgIpc) is 2.99. The molecule has 1 aliphatic rings. The van der Waals surface area contributed by atoms with Crippen molar-refractivity contribution in [2.24, 2.45) is 0 Å². The van der Waals surface area contributed by atoms with E-state index in [1.807, 2.05) is 12.1 Å². The van der Waals surface area contributed by atoms with Crippen LogP contribution in [-0.4, -0.2) is 41.0 Å². The molecule has 3 rings (SSSR count). The maximum absolute atomic E-state index is 10.8. The molecule has 0 amide bonds. The van der Waals surface area contributed by atoms with Gasteiger partial charge in [0.25, 0.3) is 5.69 Å². The molecular formula is C15H17N3O3. The Labute approximate surface area is 122 Å². The molecule has 110 valence electrons. The first-order valence-electron chi connectivity index (χ1n) is 7.12. The van der Waals surface area contributed by atoms with Crippen molar-refractivity contribution in [1.82, 2.24) is 9.88 Å². The van der Waals surface area contributed by atoms with Gasteiger partial charge in [0.2, 0.25) is 0 Å². The SMILES string of the molecule is O=[N+]([O-])c1cnc2ccc(OCCN3CCCC3)cc2c1. The van der Waals surface area contributed by atoms with Crippen molar-refractivity contribution in [3.05, 3.63) is 40.6 Å². The molecule has 0 radical (unpaired) electrons. The largest absolute Gasteiger partial charge is 0.492 e. The van der Waals surface area contributed by atoms with Crippen LogP contribution in [0, 0.1) is 10.1 Å². The summed E-state index contributed by atoms with van der Waals surface area (Å²) >= 11 is 0. The number of rotatable bonds is 5. The Morgan fingerprint density at radius 3 is 2.86 bits per heavy atom. The Morgan fingerprint density at radius 1 is 1.29 bits per heavy atom. The van der Waals surface area contributed by atoms with Crippen molar-refractivity contribution in [2.75, 3.05) is 26.2 Å². The fraction of sp³-hybridized carbons (Fsp3) is 0.400. The minimum Gasteiger partial charge on any atom is -0.492 e. The van der Waals surface area contributed by atoms with Crippen LogP contribution in [0.3, 0.4) is 0 Å². The molecule has 1 saturated heterocycles. The summed E-state index contributed by atoms with van der Waals surface area (Å²) < 4.78 is 5.74. The summed E-state index contributed by atoms with van der Waals surface area (Å²) in [5.74, 6) is 0.726. The van der Waals surface area contributed by atoms with Gasteiger partial charge < -0.3 is 4.74 Å². The van der Waals surface area contributed by atoms with E-state index in [-0.39, 0.29) is 5.69 Å². The summed E-state index contributed by atoms with van der Waals surface area (Å²) in [6, 6.07) is 7.00. The molecule has 1 aliphatic heterocycles. The van der Waals surface area contributed by atoms with Crippen molar-refractivity contribution in [3.63, 3.8) is 0 Å². The van der Waals surface area contributed by atoms with Crippen molar-refractivity contribution < 1.29 is 9.66 Å². The van der Waals surface area contributed by atoms with E-state index < -0.39 is 4.92 Å². The highest BCUT2D eigenvalue weighted by Crippen LogP contribution is 2.23. The second-order valence-electron chi connectivity index (χ2n) is 5.20. The normalized spacial score (nSPS) is 15.4. The number of benzene rings is 1. The van der Waals surface area contributed by atoms with Crippen LogP contribution in [0.25, 0.3) is 10.9 Å². The number of aromatic nitrogens is 1. The van der Waals surface area contributed by atoms with Crippen molar-refractivity contribution in [1.29, 1.82) is 0 Å². The number of ether oxygens (including phenoxy) is 1. The lowest BCUT2D eigenvalue weighted by atomic mass is 10.2. The van der Waals surface area contributed by atoms with Gasteiger partial charge in [0.05, 0.1) is 10.4 Å². The van der Waals surface area contributed by atoms with Gasteiger partial charge >= 0.3 is 0 Å². The first-order valence-corrected chi connectivity index (χ1v) is 7.12. The zero-order valence-corrected chi connectivity index (χ0v) is 11.7. The lowest BCUT2D eigenvalue weighted by Crippen LogP contribution is -2.25. The summed E-state index contributed by atoms with van der Waals surface area (Å²) in [7, 11) is 0. The molecule has 6 nitrogen and oxygen atoms in total. The van der Waals surface area contributed by atoms with Crippen molar-refractivity contribution in [3.8, 4) is 5.75 Å². The molecule has 2 heterocycles. The highest BCUT2D eigenvalue weighted by atomic mass is 16.6. The van der Waals surface area contributed by atoms with E-state index in [1.165, 1.54) is 25.1 Å². The summed E-state index contributed by atoms with van der Waals surface area (Å²) in [5.41, 5.74) is 0.726. The minimum absolute atomic E-state index is 0.00304. The Hall–Kier alpha value is -2.21. The predicted molar refractivity (Wildman–Crippen MR) is 79.6 cm³/mol. The van der Waals surface area contributed by atoms with Gasteiger partial charge in [-0.15, -0.1) is 0 Å². The highest BCUT2D eigenvalue weighted by molar-refractivity contribution is 5.81. The van der Waals surface area contributed by atoms with Gasteiger partial charge in [0, 0.05) is 18.0 Å². The van der Waals surface area contributed by atoms with Crippen LogP contribution >= 0.6 is 0 Å². The van der Waals surface area contributed by atoms with Gasteiger partial charge in [-0.25, -0.2) is 4.98 Å². The van der Waals surface area contributed by atoms with Gasteiger partial charge in [0.1, 0.15) is 18.6 Å². The summed E-state index contributed by atoms with van der Waals surface area (Å²) in [4.78, 5) is 16.8. The van der Waals surface area contributed by atoms with Crippen molar-refractivity contribution >= 4 is 16.6 Å². The average molecular weight is 287 g/mol. The molecule has 21 heavy (non-hydrogen) atoms. The van der Waals surface area contributed by atoms with Gasteiger partial charge in [-0.3, -0.25) is 15.0 Å². The van der Waals surface area contributed by atoms with E-state index in [9.17, 15) is 10.1 Å². The van der Waals surface area contributed by atoms with Crippen LogP contribution in [0.5, 0.6) is 5.75 Å². The molecule has 1 aromatic carbocycles. The quantitative estimate of drug-likeness (QED) is 0.624. The topological polar surface area (TPSA) is 68.5 Å². The lowest BCUT2D eigenvalue weighted by molar-refractivity contribution is -0.385. The molecule has 0 spiro atoms. The molecule has 0 saturated carbocycles. The van der Waals surface area contributed by atoms with Crippen LogP contribution in [0.15, 0.2) is 30.5 Å². The van der Waals surface area contributed by atoms with E-state index in [0.29, 0.717) is 6.61 Å². The molecule has 0 N–H and O–H groups in total. The fourth-order valence-electron chi connectivity index (χ4n) is 2.59. The van der Waals surface area contributed by atoms with Crippen LogP contribution < -0.4 is 4.74 Å². The molecule has 2 aromatic rings. The Bertz CT molecular complexity index is 654. The molecule has 1 fully saturated rings. The fourth-order valence-corrected chi connectivity index (χ4v) is 2.59. The third-order valence-electron chi connectivity index (χ3n) is 3.72. The highest BCUT2D eigenvalue weighted by Gasteiger charge is 2.11. The van der Waals surface area contributed by atoms with E-state index in [1.54, 1.807) is 6.07 Å². The predicted octanol–water partition coefficient (Wildman–Crippen LogP) is 2.62. The number of nitrogens with zero attached hydrogens (tertiary/aromatic N) is 3. The molecule has 0 aliphatic carbocycles. The van der Waals surface area contributed by atoms with Crippen molar-refractivity contribution in [2.45, 2.75) is 12.8 Å². The van der Waals surface area contributed by atoms with E-state index in [0.717, 1.165) is 36.3 Å². The Kier molecular flexibility index (Phi) is 3.96. The second kappa shape index (κ2) is 6.05. The number of fused-ring (bicyclic) bond motifs is 1. The minimum atomic E-state index is -0.437. The molecule has 6 heteroatoms. The third-order valence-corrected chi connectivity index (χ3v) is 3.72. The number of likely N-dealkylation sites (tertiary alicyclic amines) is 1. The summed E-state index contributed by atoms with van der Waals surface area (Å²) in [5, 5.41) is 11.5. The zero-order chi connectivity index (χ0) is 14.7. The zero-order valence-electron chi connectivity index (χ0n) is 11.7. The third kappa shape index (κ3) is 3.28. The summed E-state index contributed by atoms with van der Waals surface area (Å²) in [6.07, 6.45) is 3.81. The van der Waals surface area contributed by atoms with Gasteiger partial charge in [-0.2, -0.15) is 0 Å². The maximum atomic E-state index is 10.8. The second-order valence-corrected chi connectivity index (χ2v) is 5.20. The first kappa shape index (κ1) is 13.8. The first-order chi connectivity index (χ1) is 10.2. The molecule has 0 bridgehead atoms. The number of pyridine rings is 1. The van der Waals surface area contributed by atoms with Gasteiger partial charge in [0.15, 0.2) is 0 Å². The smallest absolute Gasteiger partial charge is 0.288 e. The van der Waals surface area contributed by atoms with Crippen LogP contribution in [0.4, 0.5) is 5.69 Å². The molecule has 1 aromatic heterocycles. The maximum Gasteiger partial charge on any atom is 0.288 e. The molecule has 0 atom stereocenters. The van der Waals surface area contributed by atoms with Gasteiger partial charge in [-0.1, -0.05) is 0 Å². The van der Waals surface area contributed by atoms with Crippen LogP contribution in [0.2, 0.25) is 0 Å². The number of hydrogen-bond donors (Lipinski definition) is 0. The van der Waals surface area contributed by atoms with E-state index in [2.05, 4.69) is 9.88 Å². The number of hydrogen-bond acceptors (Lipinski definition) is 5. The van der Waals surface area contributed by atoms with E-state index >= 15 is 0 Å². The lowest BCUT2D eigenvalue weighted by Gasteiger charge is -2.15. The van der Waals surface area contributed by atoms with E-state index in [4.69, 9.17) is 4.74 Å². The molecular weight excluding hydrogens is 270 g/mol. The monoisotopic (exact) mass is 287 g/mol.